The minimum Gasteiger partial charge on any atom is -0.336 e. The van der Waals surface area contributed by atoms with Crippen LogP contribution in [0, 0.1) is 6.92 Å². The van der Waals surface area contributed by atoms with Crippen molar-refractivity contribution in [3.05, 3.63) is 54.4 Å². The molecule has 0 atom stereocenters. The summed E-state index contributed by atoms with van der Waals surface area (Å²) in [6.45, 7) is 1.95. The van der Waals surface area contributed by atoms with E-state index in [-0.39, 0.29) is 0 Å². The number of hydrogen-bond donors (Lipinski definition) is 0. The Morgan fingerprint density at radius 1 is 1.12 bits per heavy atom. The Morgan fingerprint density at radius 3 is 2.59 bits per heavy atom. The third kappa shape index (κ3) is 2.91. The Kier molecular flexibility index (Phi) is 3.50. The molecular formula is C14H15N3. The average Bonchev–Trinajstić information content (AvgIpc) is 2.38. The molecule has 1 heterocycles. The highest BCUT2D eigenvalue weighted by Crippen LogP contribution is 2.15. The molecule has 86 valence electrons. The van der Waals surface area contributed by atoms with Crippen LogP contribution in [0.4, 0.5) is 11.4 Å². The highest BCUT2D eigenvalue weighted by Gasteiger charge is 1.97. The molecule has 1 aromatic carbocycles. The van der Waals surface area contributed by atoms with Crippen molar-refractivity contribution in [2.75, 3.05) is 11.9 Å². The third-order valence-electron chi connectivity index (χ3n) is 2.51. The van der Waals surface area contributed by atoms with Gasteiger partial charge in [-0.05, 0) is 31.2 Å². The van der Waals surface area contributed by atoms with Crippen molar-refractivity contribution < 1.29 is 0 Å². The van der Waals surface area contributed by atoms with E-state index >= 15 is 0 Å². The van der Waals surface area contributed by atoms with Crippen molar-refractivity contribution in [3.63, 3.8) is 0 Å². The topological polar surface area (TPSA) is 28.5 Å². The van der Waals surface area contributed by atoms with Crippen LogP contribution >= 0.6 is 0 Å². The fourth-order valence-electron chi connectivity index (χ4n) is 1.49. The molecule has 0 aliphatic rings. The van der Waals surface area contributed by atoms with E-state index in [2.05, 4.69) is 9.98 Å². The number of benzene rings is 1. The number of para-hydroxylation sites is 1. The number of anilines is 1. The smallest absolute Gasteiger partial charge is 0.0954 e. The van der Waals surface area contributed by atoms with Gasteiger partial charge >= 0.3 is 0 Å². The fourth-order valence-corrected chi connectivity index (χ4v) is 1.49. The molecule has 2 rings (SSSR count). The van der Waals surface area contributed by atoms with Crippen LogP contribution in [0.25, 0.3) is 0 Å². The maximum Gasteiger partial charge on any atom is 0.0954 e. The molecule has 0 bridgehead atoms. The van der Waals surface area contributed by atoms with Crippen molar-refractivity contribution in [2.24, 2.45) is 4.99 Å². The predicted molar refractivity (Wildman–Crippen MR) is 72.0 cm³/mol. The zero-order chi connectivity index (χ0) is 12.1. The van der Waals surface area contributed by atoms with Gasteiger partial charge in [-0.2, -0.15) is 0 Å². The van der Waals surface area contributed by atoms with Crippen LogP contribution in [0.2, 0.25) is 0 Å². The standard InChI is InChI=1S/C14H15N3/c1-12-14(9-6-10-15-12)16-11-17(2)13-7-4-3-5-8-13/h3-11H,1-2H3. The van der Waals surface area contributed by atoms with Gasteiger partial charge in [-0.15, -0.1) is 0 Å². The van der Waals surface area contributed by atoms with E-state index in [1.807, 2.05) is 61.3 Å². The van der Waals surface area contributed by atoms with Gasteiger partial charge in [0.25, 0.3) is 0 Å². The molecule has 0 amide bonds. The molecule has 2 aromatic rings. The van der Waals surface area contributed by atoms with Crippen LogP contribution in [-0.4, -0.2) is 18.4 Å². The monoisotopic (exact) mass is 225 g/mol. The lowest BCUT2D eigenvalue weighted by atomic mass is 10.3. The summed E-state index contributed by atoms with van der Waals surface area (Å²) in [6, 6.07) is 14.0. The fraction of sp³-hybridized carbons (Fsp3) is 0.143. The molecule has 0 radical (unpaired) electrons. The minimum absolute atomic E-state index is 0.898. The maximum absolute atomic E-state index is 4.42. The predicted octanol–water partition coefficient (Wildman–Crippen LogP) is 3.19. The first-order chi connectivity index (χ1) is 8.27. The van der Waals surface area contributed by atoms with E-state index in [0.29, 0.717) is 0 Å². The summed E-state index contributed by atoms with van der Waals surface area (Å²) in [7, 11) is 1.98. The second-order valence-electron chi connectivity index (χ2n) is 3.80. The van der Waals surface area contributed by atoms with Gasteiger partial charge in [0.15, 0.2) is 0 Å². The van der Waals surface area contributed by atoms with Crippen LogP contribution < -0.4 is 4.90 Å². The highest BCUT2D eigenvalue weighted by atomic mass is 15.1. The summed E-state index contributed by atoms with van der Waals surface area (Å²) in [6.07, 6.45) is 3.58. The van der Waals surface area contributed by atoms with Gasteiger partial charge in [-0.25, -0.2) is 4.99 Å². The largest absolute Gasteiger partial charge is 0.336 e. The molecule has 0 aliphatic heterocycles. The van der Waals surface area contributed by atoms with E-state index in [9.17, 15) is 0 Å². The van der Waals surface area contributed by atoms with Gasteiger partial charge in [0, 0.05) is 18.9 Å². The number of aromatic nitrogens is 1. The minimum atomic E-state index is 0.898. The Balaban J connectivity index is 2.14. The van der Waals surface area contributed by atoms with E-state index in [4.69, 9.17) is 0 Å². The molecule has 3 nitrogen and oxygen atoms in total. The third-order valence-corrected chi connectivity index (χ3v) is 2.51. The Hall–Kier alpha value is -2.16. The molecular weight excluding hydrogens is 210 g/mol. The summed E-state index contributed by atoms with van der Waals surface area (Å²) in [5.41, 5.74) is 2.94. The van der Waals surface area contributed by atoms with Crippen molar-refractivity contribution in [3.8, 4) is 0 Å². The van der Waals surface area contributed by atoms with Crippen molar-refractivity contribution >= 4 is 17.7 Å². The van der Waals surface area contributed by atoms with E-state index in [1.165, 1.54) is 0 Å². The normalized spacial score (nSPS) is 10.7. The van der Waals surface area contributed by atoms with Crippen LogP contribution in [0.3, 0.4) is 0 Å². The van der Waals surface area contributed by atoms with Gasteiger partial charge in [-0.3, -0.25) is 4.98 Å². The number of aryl methyl sites for hydroxylation is 1. The first-order valence-electron chi connectivity index (χ1n) is 5.51. The SMILES string of the molecule is Cc1ncccc1N=CN(C)c1ccccc1. The summed E-state index contributed by atoms with van der Waals surface area (Å²) >= 11 is 0. The van der Waals surface area contributed by atoms with Crippen molar-refractivity contribution in [1.29, 1.82) is 0 Å². The van der Waals surface area contributed by atoms with E-state index < -0.39 is 0 Å². The molecule has 17 heavy (non-hydrogen) atoms. The lowest BCUT2D eigenvalue weighted by Gasteiger charge is -2.12. The number of rotatable bonds is 3. The average molecular weight is 225 g/mol. The summed E-state index contributed by atoms with van der Waals surface area (Å²) in [5, 5.41) is 0. The number of aliphatic imine (C=N–C) groups is 1. The van der Waals surface area contributed by atoms with Gasteiger partial charge in [-0.1, -0.05) is 18.2 Å². The lowest BCUT2D eigenvalue weighted by molar-refractivity contribution is 1.18. The number of pyridine rings is 1. The van der Waals surface area contributed by atoms with E-state index in [1.54, 1.807) is 12.5 Å². The zero-order valence-corrected chi connectivity index (χ0v) is 10.0. The first kappa shape index (κ1) is 11.3. The molecule has 0 aliphatic carbocycles. The van der Waals surface area contributed by atoms with Crippen LogP contribution in [0.5, 0.6) is 0 Å². The molecule has 0 spiro atoms. The Labute approximate surface area is 101 Å². The van der Waals surface area contributed by atoms with Crippen molar-refractivity contribution in [1.82, 2.24) is 4.98 Å². The molecule has 0 fully saturated rings. The maximum atomic E-state index is 4.42. The molecule has 0 unspecified atom stereocenters. The molecule has 0 N–H and O–H groups in total. The number of hydrogen-bond acceptors (Lipinski definition) is 2. The van der Waals surface area contributed by atoms with Gasteiger partial charge in [0.05, 0.1) is 17.7 Å². The zero-order valence-electron chi connectivity index (χ0n) is 10.0. The number of nitrogens with zero attached hydrogens (tertiary/aromatic N) is 3. The van der Waals surface area contributed by atoms with Crippen LogP contribution in [0.1, 0.15) is 5.69 Å². The van der Waals surface area contributed by atoms with E-state index in [0.717, 1.165) is 17.1 Å². The lowest BCUT2D eigenvalue weighted by Crippen LogP contribution is -2.13. The quantitative estimate of drug-likeness (QED) is 0.593. The van der Waals surface area contributed by atoms with Crippen molar-refractivity contribution in [2.45, 2.75) is 6.92 Å². The second kappa shape index (κ2) is 5.25. The summed E-state index contributed by atoms with van der Waals surface area (Å²) in [4.78, 5) is 10.6. The molecule has 1 aromatic heterocycles. The van der Waals surface area contributed by atoms with Gasteiger partial charge < -0.3 is 4.90 Å². The Bertz CT molecular complexity index is 506. The first-order valence-corrected chi connectivity index (χ1v) is 5.51. The highest BCUT2D eigenvalue weighted by molar-refractivity contribution is 5.80. The molecule has 3 heteroatoms. The van der Waals surface area contributed by atoms with Crippen LogP contribution in [-0.2, 0) is 0 Å². The molecule has 0 saturated heterocycles. The van der Waals surface area contributed by atoms with Gasteiger partial charge in [0.1, 0.15) is 0 Å². The van der Waals surface area contributed by atoms with Gasteiger partial charge in [0.2, 0.25) is 0 Å². The summed E-state index contributed by atoms with van der Waals surface area (Å²) < 4.78 is 0. The Morgan fingerprint density at radius 2 is 1.88 bits per heavy atom. The van der Waals surface area contributed by atoms with Crippen LogP contribution in [0.15, 0.2) is 53.7 Å². The molecule has 0 saturated carbocycles. The second-order valence-corrected chi connectivity index (χ2v) is 3.80. The summed E-state index contributed by atoms with van der Waals surface area (Å²) in [5.74, 6) is 0.